The molecule has 0 aromatic carbocycles. The molecule has 1 atom stereocenters. The number of aromatic nitrogens is 1. The average Bonchev–Trinajstić information content (AvgIpc) is 2.29. The van der Waals surface area contributed by atoms with Gasteiger partial charge in [-0.1, -0.05) is 19.4 Å². The Labute approximate surface area is 96.3 Å². The van der Waals surface area contributed by atoms with Crippen molar-refractivity contribution < 1.29 is 4.79 Å². The predicted molar refractivity (Wildman–Crippen MR) is 65.1 cm³/mol. The topological polar surface area (TPSA) is 68.0 Å². The smallest absolute Gasteiger partial charge is 0.225 e. The molecule has 0 fully saturated rings. The standard InChI is InChI=1S/C12H19N3O/c1-3-10(7-13)6-12(16)15-11-5-4-9(2)8-14-11/h4-5,8,10H,3,6-7,13H2,1-2H3,(H,14,15,16). The second kappa shape index (κ2) is 6.23. The maximum absolute atomic E-state index is 11.6. The Balaban J connectivity index is 2.48. The van der Waals surface area contributed by atoms with E-state index < -0.39 is 0 Å². The molecule has 1 amide bonds. The van der Waals surface area contributed by atoms with Crippen LogP contribution in [0.4, 0.5) is 5.82 Å². The molecule has 0 spiro atoms. The molecule has 16 heavy (non-hydrogen) atoms. The molecule has 1 unspecified atom stereocenters. The minimum absolute atomic E-state index is 0.0198. The molecule has 88 valence electrons. The molecular formula is C12H19N3O. The van der Waals surface area contributed by atoms with Crippen LogP contribution in [-0.2, 0) is 4.79 Å². The number of nitrogens with one attached hydrogen (secondary N) is 1. The summed E-state index contributed by atoms with van der Waals surface area (Å²) in [4.78, 5) is 15.7. The first-order valence-corrected chi connectivity index (χ1v) is 5.58. The Hall–Kier alpha value is -1.42. The van der Waals surface area contributed by atoms with Gasteiger partial charge < -0.3 is 11.1 Å². The van der Waals surface area contributed by atoms with E-state index >= 15 is 0 Å². The quantitative estimate of drug-likeness (QED) is 0.795. The van der Waals surface area contributed by atoms with E-state index in [1.165, 1.54) is 0 Å². The molecule has 4 nitrogen and oxygen atoms in total. The van der Waals surface area contributed by atoms with Crippen molar-refractivity contribution in [3.05, 3.63) is 23.9 Å². The van der Waals surface area contributed by atoms with Gasteiger partial charge in [0.2, 0.25) is 5.91 Å². The van der Waals surface area contributed by atoms with Crippen molar-refractivity contribution in [3.8, 4) is 0 Å². The molecule has 0 radical (unpaired) electrons. The number of nitrogens with zero attached hydrogens (tertiary/aromatic N) is 1. The molecular weight excluding hydrogens is 202 g/mol. The van der Waals surface area contributed by atoms with Gasteiger partial charge in [0, 0.05) is 12.6 Å². The second-order valence-electron chi connectivity index (χ2n) is 3.98. The lowest BCUT2D eigenvalue weighted by Crippen LogP contribution is -2.22. The van der Waals surface area contributed by atoms with E-state index in [9.17, 15) is 4.79 Å². The van der Waals surface area contributed by atoms with E-state index in [0.717, 1.165) is 12.0 Å². The van der Waals surface area contributed by atoms with Gasteiger partial charge in [-0.2, -0.15) is 0 Å². The van der Waals surface area contributed by atoms with Crippen LogP contribution in [0.5, 0.6) is 0 Å². The largest absolute Gasteiger partial charge is 0.330 e. The van der Waals surface area contributed by atoms with Crippen LogP contribution in [-0.4, -0.2) is 17.4 Å². The maximum Gasteiger partial charge on any atom is 0.225 e. The van der Waals surface area contributed by atoms with Crippen molar-refractivity contribution in [2.45, 2.75) is 26.7 Å². The van der Waals surface area contributed by atoms with Crippen LogP contribution in [0.15, 0.2) is 18.3 Å². The summed E-state index contributed by atoms with van der Waals surface area (Å²) in [6.07, 6.45) is 3.11. The molecule has 1 heterocycles. The summed E-state index contributed by atoms with van der Waals surface area (Å²) < 4.78 is 0. The number of nitrogens with two attached hydrogens (primary N) is 1. The lowest BCUT2D eigenvalue weighted by Gasteiger charge is -2.11. The SMILES string of the molecule is CCC(CN)CC(=O)Nc1ccc(C)cn1. The van der Waals surface area contributed by atoms with E-state index in [1.54, 1.807) is 12.3 Å². The van der Waals surface area contributed by atoms with Gasteiger partial charge >= 0.3 is 0 Å². The normalized spacial score (nSPS) is 12.2. The van der Waals surface area contributed by atoms with Crippen LogP contribution in [0, 0.1) is 12.8 Å². The van der Waals surface area contributed by atoms with Crippen molar-refractivity contribution in [3.63, 3.8) is 0 Å². The molecule has 4 heteroatoms. The molecule has 0 aliphatic carbocycles. The molecule has 0 saturated carbocycles. The van der Waals surface area contributed by atoms with Crippen molar-refractivity contribution >= 4 is 11.7 Å². The third-order valence-corrected chi connectivity index (χ3v) is 2.56. The molecule has 1 rings (SSSR count). The van der Waals surface area contributed by atoms with Crippen molar-refractivity contribution in [1.82, 2.24) is 4.98 Å². The molecule has 1 aromatic heterocycles. The summed E-state index contributed by atoms with van der Waals surface area (Å²) in [6, 6.07) is 3.72. The van der Waals surface area contributed by atoms with Gasteiger partial charge in [0.15, 0.2) is 0 Å². The summed E-state index contributed by atoms with van der Waals surface area (Å²) in [6.45, 7) is 4.54. The summed E-state index contributed by atoms with van der Waals surface area (Å²) in [5.41, 5.74) is 6.62. The number of anilines is 1. The number of aryl methyl sites for hydroxylation is 1. The fourth-order valence-corrected chi connectivity index (χ4v) is 1.39. The lowest BCUT2D eigenvalue weighted by molar-refractivity contribution is -0.117. The fraction of sp³-hybridized carbons (Fsp3) is 0.500. The minimum Gasteiger partial charge on any atom is -0.330 e. The van der Waals surface area contributed by atoms with Crippen LogP contribution >= 0.6 is 0 Å². The Bertz CT molecular complexity index is 331. The maximum atomic E-state index is 11.6. The fourth-order valence-electron chi connectivity index (χ4n) is 1.39. The van der Waals surface area contributed by atoms with E-state index in [2.05, 4.69) is 10.3 Å². The summed E-state index contributed by atoms with van der Waals surface area (Å²) in [5, 5.41) is 2.76. The third kappa shape index (κ3) is 3.98. The predicted octanol–water partition coefficient (Wildman–Crippen LogP) is 1.70. The van der Waals surface area contributed by atoms with Crippen LogP contribution in [0.3, 0.4) is 0 Å². The van der Waals surface area contributed by atoms with Gasteiger partial charge in [0.05, 0.1) is 0 Å². The van der Waals surface area contributed by atoms with Gasteiger partial charge in [-0.15, -0.1) is 0 Å². The first-order chi connectivity index (χ1) is 7.65. The van der Waals surface area contributed by atoms with Crippen molar-refractivity contribution in [1.29, 1.82) is 0 Å². The lowest BCUT2D eigenvalue weighted by atomic mass is 10.0. The van der Waals surface area contributed by atoms with Crippen molar-refractivity contribution in [2.75, 3.05) is 11.9 Å². The minimum atomic E-state index is -0.0198. The Morgan fingerprint density at radius 2 is 2.31 bits per heavy atom. The molecule has 0 aliphatic heterocycles. The Morgan fingerprint density at radius 1 is 1.56 bits per heavy atom. The molecule has 1 aromatic rings. The Kier molecular flexibility index (Phi) is 4.92. The number of carbonyl (C=O) groups is 1. The van der Waals surface area contributed by atoms with Gasteiger partial charge in [0.25, 0.3) is 0 Å². The summed E-state index contributed by atoms with van der Waals surface area (Å²) in [7, 11) is 0. The van der Waals surface area contributed by atoms with Crippen molar-refractivity contribution in [2.24, 2.45) is 11.7 Å². The molecule has 0 saturated heterocycles. The third-order valence-electron chi connectivity index (χ3n) is 2.56. The number of hydrogen-bond donors (Lipinski definition) is 2. The summed E-state index contributed by atoms with van der Waals surface area (Å²) >= 11 is 0. The molecule has 3 N–H and O–H groups in total. The van der Waals surface area contributed by atoms with Gasteiger partial charge in [0.1, 0.15) is 5.82 Å². The highest BCUT2D eigenvalue weighted by molar-refractivity contribution is 5.89. The summed E-state index contributed by atoms with van der Waals surface area (Å²) in [5.74, 6) is 0.835. The second-order valence-corrected chi connectivity index (χ2v) is 3.98. The highest BCUT2D eigenvalue weighted by Gasteiger charge is 2.10. The van der Waals surface area contributed by atoms with E-state index in [-0.39, 0.29) is 11.8 Å². The zero-order valence-electron chi connectivity index (χ0n) is 9.86. The van der Waals surface area contributed by atoms with Gasteiger partial charge in [-0.3, -0.25) is 4.79 Å². The van der Waals surface area contributed by atoms with Crippen LogP contribution in [0.1, 0.15) is 25.3 Å². The zero-order valence-corrected chi connectivity index (χ0v) is 9.86. The zero-order chi connectivity index (χ0) is 12.0. The number of pyridine rings is 1. The van der Waals surface area contributed by atoms with E-state index in [4.69, 9.17) is 5.73 Å². The highest BCUT2D eigenvalue weighted by atomic mass is 16.1. The molecule has 0 bridgehead atoms. The monoisotopic (exact) mass is 221 g/mol. The molecule has 0 aliphatic rings. The van der Waals surface area contributed by atoms with Crippen LogP contribution < -0.4 is 11.1 Å². The average molecular weight is 221 g/mol. The van der Waals surface area contributed by atoms with E-state index in [1.807, 2.05) is 19.9 Å². The van der Waals surface area contributed by atoms with E-state index in [0.29, 0.717) is 18.8 Å². The number of carbonyl (C=O) groups excluding carboxylic acids is 1. The van der Waals surface area contributed by atoms with Gasteiger partial charge in [-0.05, 0) is 31.0 Å². The number of amides is 1. The first kappa shape index (κ1) is 12.6. The van der Waals surface area contributed by atoms with Crippen LogP contribution in [0.25, 0.3) is 0 Å². The van der Waals surface area contributed by atoms with Crippen LogP contribution in [0.2, 0.25) is 0 Å². The first-order valence-electron chi connectivity index (χ1n) is 5.58. The highest BCUT2D eigenvalue weighted by Crippen LogP contribution is 2.09. The van der Waals surface area contributed by atoms with Gasteiger partial charge in [-0.25, -0.2) is 4.98 Å². The number of rotatable bonds is 5. The number of hydrogen-bond acceptors (Lipinski definition) is 3. The Morgan fingerprint density at radius 3 is 2.81 bits per heavy atom.